The smallest absolute Gasteiger partial charge is 0.500 e. The van der Waals surface area contributed by atoms with Gasteiger partial charge in [0.15, 0.2) is 15.0 Å². The van der Waals surface area contributed by atoms with Crippen molar-refractivity contribution in [1.29, 1.82) is 0 Å². The molecule has 0 aromatic rings. The molecule has 0 saturated heterocycles. The molecule has 122 valence electrons. The average Bonchev–Trinajstić information content (AvgIpc) is 2.32. The number of hydrogen-bond donors (Lipinski definition) is 1. The van der Waals surface area contributed by atoms with E-state index in [9.17, 15) is 13.0 Å². The minimum absolute atomic E-state index is 0.132. The van der Waals surface area contributed by atoms with Crippen molar-refractivity contribution < 1.29 is 32.0 Å². The molecule has 0 amide bonds. The summed E-state index contributed by atoms with van der Waals surface area (Å²) >= 11 is 0. The van der Waals surface area contributed by atoms with Gasteiger partial charge in [0.25, 0.3) is 0 Å². The summed E-state index contributed by atoms with van der Waals surface area (Å²) in [7, 11) is -2.82. The minimum Gasteiger partial charge on any atom is -0.743 e. The van der Waals surface area contributed by atoms with Crippen molar-refractivity contribution in [2.75, 3.05) is 21.3 Å². The second-order valence-electron chi connectivity index (χ2n) is 5.85. The Morgan fingerprint density at radius 1 is 1.10 bits per heavy atom. The van der Waals surface area contributed by atoms with Gasteiger partial charge in [-0.25, -0.2) is 8.42 Å². The van der Waals surface area contributed by atoms with Crippen LogP contribution < -0.4 is 5.73 Å². The van der Waals surface area contributed by atoms with E-state index in [1.807, 2.05) is 0 Å². The Labute approximate surface area is 122 Å². The number of rotatable bonds is 8. The normalized spacial score (nSPS) is 17.0. The molecule has 9 heteroatoms. The summed E-state index contributed by atoms with van der Waals surface area (Å²) in [5.41, 5.74) is 2.94. The van der Waals surface area contributed by atoms with Gasteiger partial charge in [0.2, 0.25) is 0 Å². The fourth-order valence-corrected chi connectivity index (χ4v) is 4.89. The monoisotopic (exact) mass is 329 g/mol. The maximum absolute atomic E-state index is 11.6. The van der Waals surface area contributed by atoms with Gasteiger partial charge in [-0.3, -0.25) is 0 Å². The molecule has 1 unspecified atom stereocenters. The Hall–Kier alpha value is -0.0331. The fraction of sp³-hybridized carbons (Fsp3) is 1.00. The van der Waals surface area contributed by atoms with Crippen LogP contribution in [0.3, 0.4) is 0 Å². The van der Waals surface area contributed by atoms with Crippen LogP contribution in [0, 0.1) is 5.41 Å². The minimum atomic E-state index is -4.53. The molecule has 0 radical (unpaired) electrons. The van der Waals surface area contributed by atoms with Gasteiger partial charge in [0.1, 0.15) is 0 Å². The summed E-state index contributed by atoms with van der Waals surface area (Å²) < 4.78 is 50.5. The highest BCUT2D eigenvalue weighted by molar-refractivity contribution is 7.86. The van der Waals surface area contributed by atoms with Crippen LogP contribution in [0.2, 0.25) is 6.04 Å². The third-order valence-corrected chi connectivity index (χ3v) is 8.45. The van der Waals surface area contributed by atoms with Crippen molar-refractivity contribution >= 4 is 18.9 Å². The van der Waals surface area contributed by atoms with Crippen LogP contribution in [0.15, 0.2) is 0 Å². The first-order chi connectivity index (χ1) is 8.89. The van der Waals surface area contributed by atoms with Crippen molar-refractivity contribution in [3.63, 3.8) is 0 Å². The number of hydrogen-bond acceptors (Lipinski definition) is 6. The molecule has 1 atom stereocenters. The zero-order valence-electron chi connectivity index (χ0n) is 13.2. The zero-order chi connectivity index (χ0) is 16.2. The maximum Gasteiger partial charge on any atom is 0.500 e. The standard InChI is InChI=1S/C11H27NO6SSi/c1-10(2,3)11(12,19(13,14)15)8-7-9-20(16-4,17-5)18-6/h7-9,12H2,1-6H3,(H,13,14,15). The summed E-state index contributed by atoms with van der Waals surface area (Å²) in [6, 6.07) is 0.430. The van der Waals surface area contributed by atoms with E-state index in [-0.39, 0.29) is 6.42 Å². The van der Waals surface area contributed by atoms with Gasteiger partial charge in [-0.15, -0.1) is 0 Å². The second-order valence-corrected chi connectivity index (χ2v) is 10.6. The van der Waals surface area contributed by atoms with Crippen molar-refractivity contribution in [2.24, 2.45) is 5.41 Å². The summed E-state index contributed by atoms with van der Waals surface area (Å²) in [6.07, 6.45) is 0.553. The van der Waals surface area contributed by atoms with Gasteiger partial charge in [0.05, 0.1) is 0 Å². The highest BCUT2D eigenvalue weighted by Crippen LogP contribution is 2.35. The molecule has 0 saturated carbocycles. The van der Waals surface area contributed by atoms with Crippen LogP contribution in [0.25, 0.3) is 0 Å². The first-order valence-corrected chi connectivity index (χ1v) is 9.69. The summed E-state index contributed by atoms with van der Waals surface area (Å²) in [5.74, 6) is 0. The van der Waals surface area contributed by atoms with E-state index >= 15 is 0 Å². The first-order valence-electron chi connectivity index (χ1n) is 6.35. The zero-order valence-corrected chi connectivity index (χ0v) is 15.0. The van der Waals surface area contributed by atoms with Crippen LogP contribution >= 0.6 is 0 Å². The Bertz CT molecular complexity index is 395. The van der Waals surface area contributed by atoms with E-state index in [1.54, 1.807) is 20.8 Å². The Morgan fingerprint density at radius 3 is 1.75 bits per heavy atom. The van der Waals surface area contributed by atoms with Crippen molar-refractivity contribution in [2.45, 2.75) is 44.5 Å². The van der Waals surface area contributed by atoms with Crippen molar-refractivity contribution in [1.82, 2.24) is 0 Å². The largest absolute Gasteiger partial charge is 0.743 e. The molecule has 0 aromatic carbocycles. The summed E-state index contributed by atoms with van der Waals surface area (Å²) in [5, 5.41) is 0. The Kier molecular flexibility index (Phi) is 6.81. The molecule has 0 spiro atoms. The molecule has 0 aliphatic rings. The van der Waals surface area contributed by atoms with Gasteiger partial charge in [0, 0.05) is 39.2 Å². The molecule has 0 bridgehead atoms. The van der Waals surface area contributed by atoms with Crippen LogP contribution in [-0.4, -0.2) is 48.0 Å². The molecule has 7 nitrogen and oxygen atoms in total. The molecule has 0 aromatic heterocycles. The highest BCUT2D eigenvalue weighted by Gasteiger charge is 2.49. The van der Waals surface area contributed by atoms with E-state index < -0.39 is 29.2 Å². The lowest BCUT2D eigenvalue weighted by Crippen LogP contribution is -2.81. The fourth-order valence-electron chi connectivity index (χ4n) is 2.02. The Balaban J connectivity index is 5.01. The van der Waals surface area contributed by atoms with Gasteiger partial charge in [-0.05, 0) is 6.42 Å². The van der Waals surface area contributed by atoms with Crippen LogP contribution in [0.5, 0.6) is 0 Å². The second kappa shape index (κ2) is 6.82. The van der Waals surface area contributed by atoms with Crippen LogP contribution in [0.4, 0.5) is 0 Å². The SMILES string of the molecule is CO[Si](CCCC([NH3+])(C(C)(C)C)S(=O)(=O)[O-])(OC)OC. The molecular formula is C11H27NO6SSi. The lowest BCUT2D eigenvalue weighted by atomic mass is 9.84. The maximum atomic E-state index is 11.6. The lowest BCUT2D eigenvalue weighted by Gasteiger charge is -2.40. The predicted molar refractivity (Wildman–Crippen MR) is 75.6 cm³/mol. The lowest BCUT2D eigenvalue weighted by molar-refractivity contribution is -0.470. The van der Waals surface area contributed by atoms with Gasteiger partial charge in [-0.1, -0.05) is 20.8 Å². The van der Waals surface area contributed by atoms with E-state index in [0.29, 0.717) is 12.5 Å². The van der Waals surface area contributed by atoms with E-state index in [2.05, 4.69) is 5.73 Å². The topological polar surface area (TPSA) is 113 Å². The summed E-state index contributed by atoms with van der Waals surface area (Å²) in [6.45, 7) is 5.09. The predicted octanol–water partition coefficient (Wildman–Crippen LogP) is 0.174. The molecule has 0 rings (SSSR count). The first kappa shape index (κ1) is 20.0. The molecule has 0 heterocycles. The highest BCUT2D eigenvalue weighted by atomic mass is 32.2. The third kappa shape index (κ3) is 4.23. The molecule has 3 N–H and O–H groups in total. The quantitative estimate of drug-likeness (QED) is 0.502. The van der Waals surface area contributed by atoms with Gasteiger partial charge < -0.3 is 23.6 Å². The molecule has 0 fully saturated rings. The Morgan fingerprint density at radius 2 is 1.50 bits per heavy atom. The molecule has 0 aliphatic heterocycles. The van der Waals surface area contributed by atoms with Gasteiger partial charge in [-0.2, -0.15) is 0 Å². The number of quaternary nitrogens is 1. The molecule has 0 aliphatic carbocycles. The average molecular weight is 329 g/mol. The van der Waals surface area contributed by atoms with Gasteiger partial charge >= 0.3 is 8.80 Å². The van der Waals surface area contributed by atoms with Crippen LogP contribution in [-0.2, 0) is 23.4 Å². The van der Waals surface area contributed by atoms with Crippen LogP contribution in [0.1, 0.15) is 33.6 Å². The summed E-state index contributed by atoms with van der Waals surface area (Å²) in [4.78, 5) is -1.59. The molecular weight excluding hydrogens is 302 g/mol. The van der Waals surface area contributed by atoms with E-state index in [0.717, 1.165) is 0 Å². The third-order valence-electron chi connectivity index (χ3n) is 3.84. The van der Waals surface area contributed by atoms with Crippen molar-refractivity contribution in [3.05, 3.63) is 0 Å². The van der Waals surface area contributed by atoms with E-state index in [4.69, 9.17) is 13.3 Å². The molecule has 20 heavy (non-hydrogen) atoms. The van der Waals surface area contributed by atoms with E-state index in [1.165, 1.54) is 21.3 Å². The van der Waals surface area contributed by atoms with Crippen molar-refractivity contribution in [3.8, 4) is 0 Å².